The van der Waals surface area contributed by atoms with Gasteiger partial charge in [-0.25, -0.2) is 9.97 Å². The van der Waals surface area contributed by atoms with E-state index in [0.717, 1.165) is 72.8 Å². The number of anilines is 3. The molecule has 35 heavy (non-hydrogen) atoms. The quantitative estimate of drug-likeness (QED) is 0.377. The van der Waals surface area contributed by atoms with Crippen molar-refractivity contribution in [3.8, 4) is 11.1 Å². The highest BCUT2D eigenvalue weighted by Gasteiger charge is 2.17. The first-order chi connectivity index (χ1) is 17.2. The second kappa shape index (κ2) is 9.03. The zero-order chi connectivity index (χ0) is 23.8. The Balaban J connectivity index is 1.33. The average Bonchev–Trinajstić information content (AvgIpc) is 3.59. The number of aromatic nitrogens is 5. The minimum absolute atomic E-state index is 0.810. The molecule has 0 aliphatic carbocycles. The van der Waals surface area contributed by atoms with Crippen molar-refractivity contribution in [2.75, 3.05) is 42.9 Å². The van der Waals surface area contributed by atoms with Crippen molar-refractivity contribution < 1.29 is 0 Å². The molecule has 1 aromatic carbocycles. The van der Waals surface area contributed by atoms with Crippen LogP contribution in [0.4, 0.5) is 17.2 Å². The van der Waals surface area contributed by atoms with Gasteiger partial charge in [-0.15, -0.1) is 0 Å². The highest BCUT2D eigenvalue weighted by atomic mass is 15.3. The molecule has 0 amide bonds. The van der Waals surface area contributed by atoms with E-state index < -0.39 is 0 Å². The normalized spacial score (nSPS) is 14.7. The van der Waals surface area contributed by atoms with Crippen LogP contribution in [-0.2, 0) is 6.42 Å². The summed E-state index contributed by atoms with van der Waals surface area (Å²) in [4.78, 5) is 14.3. The molecule has 4 aromatic heterocycles. The van der Waals surface area contributed by atoms with E-state index in [1.54, 1.807) is 0 Å². The number of aryl methyl sites for hydroxylation is 1. The Bertz CT molecular complexity index is 1460. The van der Waals surface area contributed by atoms with Gasteiger partial charge in [0.15, 0.2) is 5.65 Å². The van der Waals surface area contributed by atoms with Crippen molar-refractivity contribution in [1.82, 2.24) is 29.5 Å². The number of benzene rings is 1. The maximum Gasteiger partial charge on any atom is 0.160 e. The minimum atomic E-state index is 0.810. The van der Waals surface area contributed by atoms with E-state index in [1.807, 2.05) is 24.8 Å². The molecule has 8 nitrogen and oxygen atoms in total. The molecule has 1 aliphatic heterocycles. The van der Waals surface area contributed by atoms with E-state index in [4.69, 9.17) is 4.98 Å². The zero-order valence-corrected chi connectivity index (χ0v) is 20.2. The number of aromatic amines is 1. The van der Waals surface area contributed by atoms with Crippen molar-refractivity contribution in [1.29, 1.82) is 0 Å². The monoisotopic (exact) mass is 466 g/mol. The van der Waals surface area contributed by atoms with Crippen LogP contribution in [0, 0.1) is 0 Å². The molecule has 0 bridgehead atoms. The van der Waals surface area contributed by atoms with Crippen LogP contribution in [0.2, 0.25) is 0 Å². The predicted octanol–water partition coefficient (Wildman–Crippen LogP) is 4.72. The van der Waals surface area contributed by atoms with E-state index >= 15 is 0 Å². The van der Waals surface area contributed by atoms with E-state index in [9.17, 15) is 0 Å². The first-order valence-corrected chi connectivity index (χ1v) is 12.4. The zero-order valence-electron chi connectivity index (χ0n) is 20.2. The summed E-state index contributed by atoms with van der Waals surface area (Å²) in [7, 11) is 0. The van der Waals surface area contributed by atoms with Gasteiger partial charge in [0.25, 0.3) is 0 Å². The third kappa shape index (κ3) is 4.00. The number of rotatable bonds is 6. The Morgan fingerprint density at radius 3 is 2.63 bits per heavy atom. The number of pyridine rings is 2. The molecule has 2 N–H and O–H groups in total. The lowest BCUT2D eigenvalue weighted by Gasteiger charge is -2.35. The van der Waals surface area contributed by atoms with Gasteiger partial charge < -0.3 is 19.5 Å². The molecule has 5 aromatic rings. The highest BCUT2D eigenvalue weighted by molar-refractivity contribution is 5.87. The smallest absolute Gasteiger partial charge is 0.160 e. The average molecular weight is 467 g/mol. The number of likely N-dealkylation sites (N-methyl/N-ethyl adjacent to an activating group) is 1. The van der Waals surface area contributed by atoms with Gasteiger partial charge in [-0.05, 0) is 42.8 Å². The SMILES string of the molecule is CCc1c(-c2ccc3cn[nH]c3c2)cc(Nc2ccc(N3CCN(CC)CC3)cn2)c2nccn12. The number of imidazole rings is 1. The molecule has 0 atom stereocenters. The summed E-state index contributed by atoms with van der Waals surface area (Å²) < 4.78 is 2.18. The van der Waals surface area contributed by atoms with E-state index in [0.29, 0.717) is 0 Å². The van der Waals surface area contributed by atoms with Gasteiger partial charge in [0.1, 0.15) is 5.82 Å². The van der Waals surface area contributed by atoms with Crippen molar-refractivity contribution >= 4 is 33.7 Å². The van der Waals surface area contributed by atoms with Crippen LogP contribution in [0.25, 0.3) is 27.7 Å². The van der Waals surface area contributed by atoms with Crippen LogP contribution < -0.4 is 10.2 Å². The van der Waals surface area contributed by atoms with Gasteiger partial charge >= 0.3 is 0 Å². The molecule has 0 spiro atoms. The summed E-state index contributed by atoms with van der Waals surface area (Å²) in [6.07, 6.45) is 8.60. The summed E-state index contributed by atoms with van der Waals surface area (Å²) in [6.45, 7) is 9.81. The van der Waals surface area contributed by atoms with Crippen molar-refractivity contribution in [3.63, 3.8) is 0 Å². The van der Waals surface area contributed by atoms with Crippen LogP contribution in [0.3, 0.4) is 0 Å². The van der Waals surface area contributed by atoms with Crippen molar-refractivity contribution in [2.24, 2.45) is 0 Å². The van der Waals surface area contributed by atoms with E-state index in [2.05, 4.69) is 84.9 Å². The maximum atomic E-state index is 4.74. The van der Waals surface area contributed by atoms with Crippen LogP contribution in [0.1, 0.15) is 19.5 Å². The van der Waals surface area contributed by atoms with Gasteiger partial charge in [-0.1, -0.05) is 26.0 Å². The van der Waals surface area contributed by atoms with Crippen molar-refractivity contribution in [3.05, 3.63) is 66.9 Å². The van der Waals surface area contributed by atoms with Gasteiger partial charge in [-0.2, -0.15) is 5.10 Å². The Morgan fingerprint density at radius 1 is 0.971 bits per heavy atom. The molecule has 1 aliphatic rings. The summed E-state index contributed by atoms with van der Waals surface area (Å²) in [5.74, 6) is 0.810. The number of nitrogens with one attached hydrogen (secondary N) is 2. The second-order valence-corrected chi connectivity index (χ2v) is 9.01. The summed E-state index contributed by atoms with van der Waals surface area (Å²) >= 11 is 0. The summed E-state index contributed by atoms with van der Waals surface area (Å²) in [6, 6.07) is 12.8. The lowest BCUT2D eigenvalue weighted by atomic mass is 10.0. The molecule has 6 rings (SSSR count). The first kappa shape index (κ1) is 21.6. The third-order valence-corrected chi connectivity index (χ3v) is 7.06. The number of fused-ring (bicyclic) bond motifs is 2. The van der Waals surface area contributed by atoms with Gasteiger partial charge in [-0.3, -0.25) is 5.10 Å². The number of piperazine rings is 1. The lowest BCUT2D eigenvalue weighted by molar-refractivity contribution is 0.271. The Hall–Kier alpha value is -3.91. The molecule has 0 radical (unpaired) electrons. The van der Waals surface area contributed by atoms with E-state index in [1.165, 1.54) is 16.9 Å². The van der Waals surface area contributed by atoms with Gasteiger partial charge in [0.2, 0.25) is 0 Å². The van der Waals surface area contributed by atoms with Crippen LogP contribution in [0.5, 0.6) is 0 Å². The Kier molecular flexibility index (Phi) is 5.58. The molecular formula is C27H30N8. The molecule has 178 valence electrons. The fraction of sp³-hybridized carbons (Fsp3) is 0.296. The van der Waals surface area contributed by atoms with Crippen molar-refractivity contribution in [2.45, 2.75) is 20.3 Å². The largest absolute Gasteiger partial charge is 0.368 e. The van der Waals surface area contributed by atoms with E-state index in [-0.39, 0.29) is 0 Å². The number of H-pyrrole nitrogens is 1. The topological polar surface area (TPSA) is 77.4 Å². The van der Waals surface area contributed by atoms with Crippen LogP contribution in [0.15, 0.2) is 61.2 Å². The number of hydrogen-bond acceptors (Lipinski definition) is 6. The Morgan fingerprint density at radius 2 is 1.86 bits per heavy atom. The number of hydrogen-bond donors (Lipinski definition) is 2. The molecule has 0 unspecified atom stereocenters. The van der Waals surface area contributed by atoms with Gasteiger partial charge in [0, 0.05) is 55.2 Å². The lowest BCUT2D eigenvalue weighted by Crippen LogP contribution is -2.46. The van der Waals surface area contributed by atoms with Crippen LogP contribution in [-0.4, -0.2) is 62.2 Å². The molecule has 8 heteroatoms. The standard InChI is InChI=1S/C27H30N8/c1-3-25-22(19-5-6-20-17-30-32-23(20)15-19)16-24(27-28-9-10-35(25)27)31-26-8-7-21(18-29-26)34-13-11-33(4-2)12-14-34/h5-10,15-18H,3-4,11-14H2,1-2H3,(H,29,31)(H,30,32). The fourth-order valence-corrected chi connectivity index (χ4v) is 5.06. The molecule has 1 fully saturated rings. The number of nitrogens with zero attached hydrogens (tertiary/aromatic N) is 6. The summed E-state index contributed by atoms with van der Waals surface area (Å²) in [5.41, 5.74) is 7.57. The second-order valence-electron chi connectivity index (χ2n) is 9.01. The summed E-state index contributed by atoms with van der Waals surface area (Å²) in [5, 5.41) is 11.9. The van der Waals surface area contributed by atoms with Gasteiger partial charge in [0.05, 0.1) is 29.3 Å². The predicted molar refractivity (Wildman–Crippen MR) is 142 cm³/mol. The maximum absolute atomic E-state index is 4.74. The molecule has 5 heterocycles. The van der Waals surface area contributed by atoms with Crippen LogP contribution >= 0.6 is 0 Å². The molecule has 0 saturated carbocycles. The fourth-order valence-electron chi connectivity index (χ4n) is 5.06. The Labute approximate surface area is 204 Å². The molecule has 1 saturated heterocycles. The first-order valence-electron chi connectivity index (χ1n) is 12.4. The third-order valence-electron chi connectivity index (χ3n) is 7.06. The molecular weight excluding hydrogens is 436 g/mol. The minimum Gasteiger partial charge on any atom is -0.368 e. The highest BCUT2D eigenvalue weighted by Crippen LogP contribution is 2.33.